The molecule has 0 radical (unpaired) electrons. The fourth-order valence-electron chi connectivity index (χ4n) is 2.76. The lowest BCUT2D eigenvalue weighted by Gasteiger charge is -2.20. The molecule has 0 amide bonds. The van der Waals surface area contributed by atoms with Crippen molar-refractivity contribution in [1.82, 2.24) is 19.5 Å². The average Bonchev–Trinajstić information content (AvgIpc) is 3.04. The van der Waals surface area contributed by atoms with Gasteiger partial charge in [-0.05, 0) is 30.7 Å². The summed E-state index contributed by atoms with van der Waals surface area (Å²) in [5, 5.41) is 6.11. The maximum Gasteiger partial charge on any atom is 0.275 e. The molecule has 26 heavy (non-hydrogen) atoms. The molecule has 2 aromatic heterocycles. The molecule has 0 fully saturated rings. The van der Waals surface area contributed by atoms with Gasteiger partial charge in [-0.1, -0.05) is 55.3 Å². The Bertz CT molecular complexity index is 919. The van der Waals surface area contributed by atoms with Crippen LogP contribution in [0.2, 0.25) is 5.02 Å². The van der Waals surface area contributed by atoms with E-state index in [9.17, 15) is 4.79 Å². The van der Waals surface area contributed by atoms with E-state index in [1.54, 1.807) is 6.07 Å². The molecule has 0 bridgehead atoms. The third-order valence-electron chi connectivity index (χ3n) is 4.24. The van der Waals surface area contributed by atoms with Gasteiger partial charge >= 0.3 is 0 Å². The van der Waals surface area contributed by atoms with Crippen LogP contribution in [0.1, 0.15) is 43.0 Å². The number of nitrogens with zero attached hydrogens (tertiary/aromatic N) is 4. The second-order valence-corrected chi connectivity index (χ2v) is 7.79. The second kappa shape index (κ2) is 8.75. The predicted molar refractivity (Wildman–Crippen MR) is 107 cm³/mol. The third-order valence-corrected chi connectivity index (χ3v) is 5.46. The summed E-state index contributed by atoms with van der Waals surface area (Å²) in [7, 11) is 0. The van der Waals surface area contributed by atoms with Crippen molar-refractivity contribution in [3.05, 3.63) is 62.0 Å². The first-order valence-corrected chi connectivity index (χ1v) is 10.1. The summed E-state index contributed by atoms with van der Waals surface area (Å²) in [4.78, 5) is 20.0. The van der Waals surface area contributed by atoms with Crippen molar-refractivity contribution in [2.24, 2.45) is 0 Å². The van der Waals surface area contributed by atoms with Crippen LogP contribution in [0.4, 0.5) is 0 Å². The summed E-state index contributed by atoms with van der Waals surface area (Å²) in [5.41, 5.74) is 1.87. The van der Waals surface area contributed by atoms with Gasteiger partial charge in [-0.3, -0.25) is 9.69 Å². The molecular weight excluding hydrogens is 368 g/mol. The Labute approximate surface area is 162 Å². The minimum absolute atomic E-state index is 0.105. The van der Waals surface area contributed by atoms with E-state index in [1.807, 2.05) is 24.3 Å². The Morgan fingerprint density at radius 3 is 2.65 bits per heavy atom. The van der Waals surface area contributed by atoms with Gasteiger partial charge in [-0.15, -0.1) is 0 Å². The Kier molecular flexibility index (Phi) is 6.40. The van der Waals surface area contributed by atoms with Crippen LogP contribution in [-0.2, 0) is 19.5 Å². The van der Waals surface area contributed by atoms with E-state index in [0.717, 1.165) is 48.1 Å². The highest BCUT2D eigenvalue weighted by atomic mass is 35.5. The van der Waals surface area contributed by atoms with Gasteiger partial charge < -0.3 is 0 Å². The Hall–Kier alpha value is -1.76. The van der Waals surface area contributed by atoms with Crippen LogP contribution < -0.4 is 5.56 Å². The highest BCUT2D eigenvalue weighted by Gasteiger charge is 2.12. The second-order valence-electron chi connectivity index (χ2n) is 6.31. The normalized spacial score (nSPS) is 11.5. The first-order chi connectivity index (χ1) is 12.6. The molecule has 0 N–H and O–H groups in total. The summed E-state index contributed by atoms with van der Waals surface area (Å²) < 4.78 is 1.43. The zero-order chi connectivity index (χ0) is 18.5. The molecule has 0 saturated heterocycles. The number of benzene rings is 1. The predicted octanol–water partition coefficient (Wildman–Crippen LogP) is 4.17. The summed E-state index contributed by atoms with van der Waals surface area (Å²) >= 11 is 7.47. The zero-order valence-electron chi connectivity index (χ0n) is 15.1. The molecule has 2 heterocycles. The fourth-order valence-corrected chi connectivity index (χ4v) is 3.85. The zero-order valence-corrected chi connectivity index (χ0v) is 16.7. The van der Waals surface area contributed by atoms with Crippen LogP contribution >= 0.6 is 22.9 Å². The average molecular weight is 391 g/mol. The monoisotopic (exact) mass is 390 g/mol. The lowest BCUT2D eigenvalue weighted by Crippen LogP contribution is -2.25. The molecule has 7 heteroatoms. The highest BCUT2D eigenvalue weighted by Crippen LogP contribution is 2.16. The summed E-state index contributed by atoms with van der Waals surface area (Å²) in [6, 6.07) is 9.45. The van der Waals surface area contributed by atoms with E-state index in [1.165, 1.54) is 21.4 Å². The van der Waals surface area contributed by atoms with Gasteiger partial charge in [0, 0.05) is 30.6 Å². The number of fused-ring (bicyclic) bond motifs is 1. The Morgan fingerprint density at radius 2 is 1.96 bits per heavy atom. The minimum Gasteiger partial charge on any atom is -0.294 e. The first-order valence-electron chi connectivity index (χ1n) is 8.94. The van der Waals surface area contributed by atoms with Gasteiger partial charge in [0.05, 0.1) is 5.69 Å². The Morgan fingerprint density at radius 1 is 1.19 bits per heavy atom. The third kappa shape index (κ3) is 4.69. The van der Waals surface area contributed by atoms with Gasteiger partial charge in [0.25, 0.3) is 5.56 Å². The minimum atomic E-state index is -0.105. The van der Waals surface area contributed by atoms with Crippen LogP contribution in [0.3, 0.4) is 0 Å². The van der Waals surface area contributed by atoms with E-state index in [4.69, 9.17) is 11.6 Å². The molecule has 0 spiro atoms. The topological polar surface area (TPSA) is 50.5 Å². The van der Waals surface area contributed by atoms with E-state index < -0.39 is 0 Å². The van der Waals surface area contributed by atoms with Gasteiger partial charge in [-0.2, -0.15) is 9.61 Å². The van der Waals surface area contributed by atoms with Crippen molar-refractivity contribution in [2.75, 3.05) is 6.54 Å². The molecule has 3 aromatic rings. The molecule has 0 aliphatic heterocycles. The SMILES string of the molecule is CCCCc1nn2c(=O)cc(CN(CC)Cc3ccc(Cl)cc3)nc2s1. The van der Waals surface area contributed by atoms with E-state index in [2.05, 4.69) is 28.8 Å². The lowest BCUT2D eigenvalue weighted by molar-refractivity contribution is 0.268. The van der Waals surface area contributed by atoms with E-state index in [0.29, 0.717) is 11.5 Å². The highest BCUT2D eigenvalue weighted by molar-refractivity contribution is 7.16. The van der Waals surface area contributed by atoms with E-state index >= 15 is 0 Å². The molecule has 0 aliphatic carbocycles. The van der Waals surface area contributed by atoms with Crippen LogP contribution in [-0.4, -0.2) is 26.0 Å². The molecule has 0 saturated carbocycles. The maximum absolute atomic E-state index is 12.4. The number of hydrogen-bond donors (Lipinski definition) is 0. The van der Waals surface area contributed by atoms with Crippen molar-refractivity contribution < 1.29 is 0 Å². The maximum atomic E-state index is 12.4. The van der Waals surface area contributed by atoms with E-state index in [-0.39, 0.29) is 5.56 Å². The van der Waals surface area contributed by atoms with Crippen LogP contribution in [0.15, 0.2) is 35.1 Å². The smallest absolute Gasteiger partial charge is 0.275 e. The molecule has 3 rings (SSSR count). The van der Waals surface area contributed by atoms with Gasteiger partial charge in [-0.25, -0.2) is 4.98 Å². The molecule has 138 valence electrons. The number of rotatable bonds is 8. The van der Waals surface area contributed by atoms with Crippen molar-refractivity contribution >= 4 is 27.9 Å². The van der Waals surface area contributed by atoms with Gasteiger partial charge in [0.2, 0.25) is 4.96 Å². The van der Waals surface area contributed by atoms with Crippen molar-refractivity contribution in [2.45, 2.75) is 46.2 Å². The van der Waals surface area contributed by atoms with Crippen molar-refractivity contribution in [1.29, 1.82) is 0 Å². The van der Waals surface area contributed by atoms with Crippen LogP contribution in [0, 0.1) is 0 Å². The molecule has 0 unspecified atom stereocenters. The quantitative estimate of drug-likeness (QED) is 0.579. The largest absolute Gasteiger partial charge is 0.294 e. The number of halogens is 1. The van der Waals surface area contributed by atoms with Crippen molar-refractivity contribution in [3.8, 4) is 0 Å². The summed E-state index contributed by atoms with van der Waals surface area (Å²) in [5.74, 6) is 0. The number of unbranched alkanes of at least 4 members (excludes halogenated alkanes) is 1. The first kappa shape index (κ1) is 19.0. The molecular formula is C19H23ClN4OS. The standard InChI is InChI=1S/C19H23ClN4OS/c1-3-5-6-17-22-24-18(25)11-16(21-19(24)26-17)13-23(4-2)12-14-7-9-15(20)10-8-14/h7-11H,3-6,12-13H2,1-2H3. The molecule has 1 aromatic carbocycles. The van der Waals surface area contributed by atoms with Gasteiger partial charge in [0.15, 0.2) is 0 Å². The van der Waals surface area contributed by atoms with Crippen LogP contribution in [0.25, 0.3) is 4.96 Å². The van der Waals surface area contributed by atoms with Crippen LogP contribution in [0.5, 0.6) is 0 Å². The molecule has 0 aliphatic rings. The lowest BCUT2D eigenvalue weighted by atomic mass is 10.2. The number of hydrogen-bond acceptors (Lipinski definition) is 5. The number of aryl methyl sites for hydroxylation is 1. The fraction of sp³-hybridized carbons (Fsp3) is 0.421. The summed E-state index contributed by atoms with van der Waals surface area (Å²) in [6.45, 7) is 6.55. The Balaban J connectivity index is 1.77. The van der Waals surface area contributed by atoms with Crippen molar-refractivity contribution in [3.63, 3.8) is 0 Å². The molecule has 5 nitrogen and oxygen atoms in total. The summed E-state index contributed by atoms with van der Waals surface area (Å²) in [6.07, 6.45) is 3.09. The number of aromatic nitrogens is 3. The molecule has 0 atom stereocenters. The van der Waals surface area contributed by atoms with Gasteiger partial charge in [0.1, 0.15) is 5.01 Å².